The summed E-state index contributed by atoms with van der Waals surface area (Å²) < 4.78 is 7.22. The molecule has 2 N–H and O–H groups in total. The molecule has 0 atom stereocenters. The number of imidazole rings is 1. The van der Waals surface area contributed by atoms with Gasteiger partial charge in [0.1, 0.15) is 10.8 Å². The third kappa shape index (κ3) is 2.39. The molecule has 0 saturated carbocycles. The van der Waals surface area contributed by atoms with Gasteiger partial charge in [-0.15, -0.1) is 11.3 Å². The monoisotopic (exact) mass is 362 g/mol. The lowest BCUT2D eigenvalue weighted by atomic mass is 10.2. The average molecular weight is 362 g/mol. The molecule has 0 aliphatic carbocycles. The second kappa shape index (κ2) is 5.85. The van der Waals surface area contributed by atoms with E-state index in [0.717, 1.165) is 33.0 Å². The number of aromatic amines is 1. The minimum Gasteiger partial charge on any atom is -0.495 e. The highest BCUT2D eigenvalue weighted by molar-refractivity contribution is 7.13. The molecular weight excluding hydrogens is 348 g/mol. The van der Waals surface area contributed by atoms with Crippen molar-refractivity contribution in [3.05, 3.63) is 54.0 Å². The molecule has 0 saturated heterocycles. The van der Waals surface area contributed by atoms with Crippen molar-refractivity contribution in [1.29, 1.82) is 0 Å². The van der Waals surface area contributed by atoms with Crippen molar-refractivity contribution < 1.29 is 4.74 Å². The average Bonchev–Trinajstić information content (AvgIpc) is 3.37. The first-order chi connectivity index (χ1) is 12.8. The van der Waals surface area contributed by atoms with Gasteiger partial charge in [-0.25, -0.2) is 14.5 Å². The van der Waals surface area contributed by atoms with E-state index in [1.807, 2.05) is 52.4 Å². The van der Waals surface area contributed by atoms with E-state index in [4.69, 9.17) is 4.74 Å². The standard InChI is InChI=1S/C18H14N6OS/c1-25-15-5-3-2-4-12(15)20-17-22-18-21-13-10-11(16-19-8-9-26-16)6-7-14(13)24(18)23-17/h2-10H,1H3,(H2,20,21,22,23). The number of nitrogens with one attached hydrogen (secondary N) is 2. The number of anilines is 2. The normalized spacial score (nSPS) is 11.3. The number of aromatic nitrogens is 5. The molecule has 26 heavy (non-hydrogen) atoms. The Balaban J connectivity index is 1.54. The fourth-order valence-corrected chi connectivity index (χ4v) is 3.55. The number of methoxy groups -OCH3 is 1. The van der Waals surface area contributed by atoms with Gasteiger partial charge in [0.2, 0.25) is 5.95 Å². The molecule has 7 nitrogen and oxygen atoms in total. The highest BCUT2D eigenvalue weighted by atomic mass is 32.1. The molecule has 0 aliphatic heterocycles. The molecule has 0 unspecified atom stereocenters. The number of fused-ring (bicyclic) bond motifs is 3. The van der Waals surface area contributed by atoms with Crippen molar-refractivity contribution in [3.63, 3.8) is 0 Å². The molecule has 128 valence electrons. The minimum atomic E-state index is 0.600. The van der Waals surface area contributed by atoms with Crippen LogP contribution >= 0.6 is 11.3 Å². The van der Waals surface area contributed by atoms with Crippen LogP contribution in [0.5, 0.6) is 5.75 Å². The number of para-hydroxylation sites is 2. The highest BCUT2D eigenvalue weighted by Crippen LogP contribution is 2.28. The summed E-state index contributed by atoms with van der Waals surface area (Å²) in [4.78, 5) is 13.5. The van der Waals surface area contributed by atoms with Crippen LogP contribution in [0.3, 0.4) is 0 Å². The van der Waals surface area contributed by atoms with Gasteiger partial charge in [0.15, 0.2) is 0 Å². The summed E-state index contributed by atoms with van der Waals surface area (Å²) in [6.07, 6.45) is 1.80. The SMILES string of the molecule is COc1ccccc1Nc1nc2nc3cc(-c4nccs4)ccc3n2[nH]1. The Kier molecular flexibility index (Phi) is 3.36. The van der Waals surface area contributed by atoms with Crippen molar-refractivity contribution in [2.45, 2.75) is 0 Å². The Morgan fingerprint density at radius 3 is 2.92 bits per heavy atom. The molecule has 0 radical (unpaired) electrons. The van der Waals surface area contributed by atoms with Gasteiger partial charge in [0, 0.05) is 17.1 Å². The van der Waals surface area contributed by atoms with Gasteiger partial charge < -0.3 is 10.1 Å². The van der Waals surface area contributed by atoms with Gasteiger partial charge in [-0.2, -0.15) is 4.98 Å². The maximum atomic E-state index is 5.36. The molecule has 5 aromatic rings. The second-order valence-electron chi connectivity index (χ2n) is 5.69. The number of ether oxygens (including phenoxy) is 1. The Morgan fingerprint density at radius 1 is 1.15 bits per heavy atom. The number of rotatable bonds is 4. The zero-order chi connectivity index (χ0) is 17.5. The highest BCUT2D eigenvalue weighted by Gasteiger charge is 2.12. The number of H-pyrrole nitrogens is 1. The molecule has 0 bridgehead atoms. The molecule has 3 aromatic heterocycles. The van der Waals surface area contributed by atoms with Crippen LogP contribution in [-0.2, 0) is 0 Å². The Morgan fingerprint density at radius 2 is 2.08 bits per heavy atom. The predicted octanol–water partition coefficient (Wildman–Crippen LogP) is 4.09. The number of benzene rings is 2. The van der Waals surface area contributed by atoms with Gasteiger partial charge in [-0.3, -0.25) is 5.10 Å². The van der Waals surface area contributed by atoms with Crippen LogP contribution in [-0.4, -0.2) is 31.7 Å². The largest absolute Gasteiger partial charge is 0.495 e. The summed E-state index contributed by atoms with van der Waals surface area (Å²) >= 11 is 1.61. The summed E-state index contributed by atoms with van der Waals surface area (Å²) in [7, 11) is 1.64. The first-order valence-corrected chi connectivity index (χ1v) is 8.88. The Labute approximate surface area is 152 Å². The van der Waals surface area contributed by atoms with E-state index in [0.29, 0.717) is 11.7 Å². The maximum Gasteiger partial charge on any atom is 0.253 e. The van der Waals surface area contributed by atoms with Crippen molar-refractivity contribution in [1.82, 2.24) is 24.6 Å². The summed E-state index contributed by atoms with van der Waals surface area (Å²) in [6.45, 7) is 0. The summed E-state index contributed by atoms with van der Waals surface area (Å²) in [5.74, 6) is 1.95. The number of hydrogen-bond acceptors (Lipinski definition) is 6. The first-order valence-electron chi connectivity index (χ1n) is 8.00. The van der Waals surface area contributed by atoms with Gasteiger partial charge in [0.05, 0.1) is 23.8 Å². The van der Waals surface area contributed by atoms with E-state index >= 15 is 0 Å². The first kappa shape index (κ1) is 14.9. The lowest BCUT2D eigenvalue weighted by Gasteiger charge is -2.07. The van der Waals surface area contributed by atoms with Gasteiger partial charge in [-0.05, 0) is 30.3 Å². The molecule has 2 aromatic carbocycles. The van der Waals surface area contributed by atoms with Crippen LogP contribution in [0.15, 0.2) is 54.0 Å². The van der Waals surface area contributed by atoms with E-state index in [1.165, 1.54) is 0 Å². The predicted molar refractivity (Wildman–Crippen MR) is 102 cm³/mol. The lowest BCUT2D eigenvalue weighted by Crippen LogP contribution is -1.96. The quantitative estimate of drug-likeness (QED) is 0.503. The van der Waals surface area contributed by atoms with E-state index in [9.17, 15) is 0 Å². The van der Waals surface area contributed by atoms with Gasteiger partial charge in [0.25, 0.3) is 5.78 Å². The van der Waals surface area contributed by atoms with Crippen molar-refractivity contribution in [2.24, 2.45) is 0 Å². The topological polar surface area (TPSA) is 80.1 Å². The van der Waals surface area contributed by atoms with E-state index < -0.39 is 0 Å². The molecule has 5 rings (SSSR count). The Bertz CT molecular complexity index is 1210. The zero-order valence-electron chi connectivity index (χ0n) is 13.8. The molecule has 0 aliphatic rings. The molecule has 0 amide bonds. The van der Waals surface area contributed by atoms with E-state index in [1.54, 1.807) is 24.6 Å². The fraction of sp³-hybridized carbons (Fsp3) is 0.0556. The maximum absolute atomic E-state index is 5.36. The van der Waals surface area contributed by atoms with Crippen molar-refractivity contribution in [2.75, 3.05) is 12.4 Å². The van der Waals surface area contributed by atoms with Gasteiger partial charge >= 0.3 is 0 Å². The summed E-state index contributed by atoms with van der Waals surface area (Å²) in [6, 6.07) is 13.8. The molecule has 3 heterocycles. The molecule has 0 fully saturated rings. The lowest BCUT2D eigenvalue weighted by molar-refractivity contribution is 0.417. The van der Waals surface area contributed by atoms with Crippen LogP contribution in [0.4, 0.5) is 11.6 Å². The number of hydrogen-bond donors (Lipinski definition) is 2. The van der Waals surface area contributed by atoms with Crippen LogP contribution in [0.1, 0.15) is 0 Å². The zero-order valence-corrected chi connectivity index (χ0v) is 14.6. The molecular formula is C18H14N6OS. The molecule has 8 heteroatoms. The van der Waals surface area contributed by atoms with Gasteiger partial charge in [-0.1, -0.05) is 12.1 Å². The Hall–Kier alpha value is -3.39. The third-order valence-corrected chi connectivity index (χ3v) is 4.93. The van der Waals surface area contributed by atoms with E-state index in [2.05, 4.69) is 25.4 Å². The number of thiazole rings is 1. The fourth-order valence-electron chi connectivity index (χ4n) is 2.91. The van der Waals surface area contributed by atoms with Crippen molar-refractivity contribution >= 4 is 39.8 Å². The van der Waals surface area contributed by atoms with Crippen LogP contribution in [0.25, 0.3) is 27.4 Å². The van der Waals surface area contributed by atoms with E-state index in [-0.39, 0.29) is 0 Å². The second-order valence-corrected chi connectivity index (χ2v) is 6.58. The van der Waals surface area contributed by atoms with Crippen LogP contribution in [0, 0.1) is 0 Å². The van der Waals surface area contributed by atoms with Crippen LogP contribution in [0.2, 0.25) is 0 Å². The summed E-state index contributed by atoms with van der Waals surface area (Å²) in [5, 5.41) is 9.42. The third-order valence-electron chi connectivity index (χ3n) is 4.11. The number of nitrogens with zero attached hydrogens (tertiary/aromatic N) is 4. The molecule has 0 spiro atoms. The smallest absolute Gasteiger partial charge is 0.253 e. The summed E-state index contributed by atoms with van der Waals surface area (Å²) in [5.41, 5.74) is 3.73. The minimum absolute atomic E-state index is 0.600. The van der Waals surface area contributed by atoms with Crippen LogP contribution < -0.4 is 10.1 Å². The van der Waals surface area contributed by atoms with Crippen molar-refractivity contribution in [3.8, 4) is 16.3 Å².